The highest BCUT2D eigenvalue weighted by Gasteiger charge is 2.56. The Balaban J connectivity index is 1.44. The predicted molar refractivity (Wildman–Crippen MR) is 130 cm³/mol. The number of nitrogens with zero attached hydrogens (tertiary/aromatic N) is 2. The number of hydrogen-bond acceptors (Lipinski definition) is 5. The number of hydrogen-bond donors (Lipinski definition) is 2. The number of nitrogens with one attached hydrogen (secondary N) is 1. The van der Waals surface area contributed by atoms with Gasteiger partial charge >= 0.3 is 6.03 Å². The maximum Gasteiger partial charge on any atom is 0.331 e. The van der Waals surface area contributed by atoms with Crippen LogP contribution in [0.4, 0.5) is 10.5 Å². The monoisotopic (exact) mass is 465 g/mol. The van der Waals surface area contributed by atoms with E-state index in [0.717, 1.165) is 38.0 Å². The van der Waals surface area contributed by atoms with Gasteiger partial charge < -0.3 is 10.0 Å². The minimum Gasteiger partial charge on any atom is -0.507 e. The Kier molecular flexibility index (Phi) is 5.69. The second-order valence-electron chi connectivity index (χ2n) is 10.9. The first-order valence-electron chi connectivity index (χ1n) is 12.7. The van der Waals surface area contributed by atoms with Crippen molar-refractivity contribution in [3.63, 3.8) is 0 Å². The number of phenols is 1. The second kappa shape index (κ2) is 8.43. The fourth-order valence-electron chi connectivity index (χ4n) is 7.58. The van der Waals surface area contributed by atoms with Crippen molar-refractivity contribution in [3.8, 4) is 5.75 Å². The Morgan fingerprint density at radius 3 is 2.21 bits per heavy atom. The van der Waals surface area contributed by atoms with Crippen LogP contribution in [0.5, 0.6) is 5.75 Å². The van der Waals surface area contributed by atoms with Crippen molar-refractivity contribution in [1.82, 2.24) is 10.2 Å². The highest BCUT2D eigenvalue weighted by molar-refractivity contribution is 6.31. The Hall–Kier alpha value is -2.83. The normalized spacial score (nSPS) is 32.3. The molecule has 1 heterocycles. The summed E-state index contributed by atoms with van der Waals surface area (Å²) in [5.41, 5.74) is 1.09. The van der Waals surface area contributed by atoms with E-state index in [1.165, 1.54) is 30.2 Å². The number of rotatable bonds is 6. The molecule has 4 amide bonds. The number of amides is 4. The summed E-state index contributed by atoms with van der Waals surface area (Å²) in [5.74, 6) is 0.786. The lowest BCUT2D eigenvalue weighted by Crippen LogP contribution is -2.63. The lowest BCUT2D eigenvalue weighted by atomic mass is 9.47. The van der Waals surface area contributed by atoms with Gasteiger partial charge in [0.25, 0.3) is 11.8 Å². The summed E-state index contributed by atoms with van der Waals surface area (Å²) in [6, 6.07) is 4.32. The SMILES string of the molecule is CCN(CC)c1ccc(/C=C2\C(=O)NC(=O)N(C(C)C34CC5CC(CC(C5)C3)C4)C2=O)c(O)c1. The van der Waals surface area contributed by atoms with E-state index in [0.29, 0.717) is 23.3 Å². The van der Waals surface area contributed by atoms with E-state index in [-0.39, 0.29) is 22.8 Å². The maximum atomic E-state index is 13.6. The molecular formula is C27H35N3O4. The molecule has 6 rings (SSSR count). The zero-order valence-corrected chi connectivity index (χ0v) is 20.3. The first kappa shape index (κ1) is 22.9. The molecule has 34 heavy (non-hydrogen) atoms. The summed E-state index contributed by atoms with van der Waals surface area (Å²) in [4.78, 5) is 42.5. The molecule has 1 aromatic rings. The van der Waals surface area contributed by atoms with Crippen molar-refractivity contribution >= 4 is 29.6 Å². The van der Waals surface area contributed by atoms with Gasteiger partial charge in [-0.25, -0.2) is 4.79 Å². The first-order chi connectivity index (χ1) is 16.2. The van der Waals surface area contributed by atoms with Gasteiger partial charge in [-0.15, -0.1) is 0 Å². The maximum absolute atomic E-state index is 13.6. The summed E-state index contributed by atoms with van der Waals surface area (Å²) in [5, 5.41) is 13.0. The summed E-state index contributed by atoms with van der Waals surface area (Å²) in [7, 11) is 0. The molecular weight excluding hydrogens is 430 g/mol. The van der Waals surface area contributed by atoms with Crippen LogP contribution in [0.2, 0.25) is 0 Å². The lowest BCUT2D eigenvalue weighted by Gasteiger charge is -2.60. The van der Waals surface area contributed by atoms with Crippen LogP contribution in [0, 0.1) is 23.2 Å². The van der Waals surface area contributed by atoms with Crippen LogP contribution in [0.3, 0.4) is 0 Å². The van der Waals surface area contributed by atoms with Crippen LogP contribution in [0.1, 0.15) is 64.9 Å². The molecule has 2 N–H and O–H groups in total. The number of carbonyl (C=O) groups excluding carboxylic acids is 3. The molecule has 1 atom stereocenters. The van der Waals surface area contributed by atoms with Gasteiger partial charge in [-0.1, -0.05) is 0 Å². The fraction of sp³-hybridized carbons (Fsp3) is 0.593. The van der Waals surface area contributed by atoms with E-state index in [2.05, 4.69) is 10.2 Å². The van der Waals surface area contributed by atoms with Crippen molar-refractivity contribution in [2.75, 3.05) is 18.0 Å². The smallest absolute Gasteiger partial charge is 0.331 e. The molecule has 4 bridgehead atoms. The van der Waals surface area contributed by atoms with E-state index in [9.17, 15) is 19.5 Å². The molecule has 1 aliphatic heterocycles. The van der Waals surface area contributed by atoms with Crippen LogP contribution in [-0.2, 0) is 9.59 Å². The highest BCUT2D eigenvalue weighted by atomic mass is 16.3. The number of anilines is 1. The molecule has 7 heteroatoms. The number of urea groups is 1. The summed E-state index contributed by atoms with van der Waals surface area (Å²) in [6.07, 6.45) is 8.40. The predicted octanol–water partition coefficient (Wildman–Crippen LogP) is 4.31. The Bertz CT molecular complexity index is 1020. The number of benzene rings is 1. The van der Waals surface area contributed by atoms with Gasteiger partial charge in [-0.3, -0.25) is 19.8 Å². The molecule has 7 nitrogen and oxygen atoms in total. The molecule has 1 saturated heterocycles. The summed E-state index contributed by atoms with van der Waals surface area (Å²) in [6.45, 7) is 7.66. The molecule has 1 unspecified atom stereocenters. The van der Waals surface area contributed by atoms with Crippen molar-refractivity contribution in [2.24, 2.45) is 23.2 Å². The Labute approximate surface area is 201 Å². The molecule has 4 aliphatic carbocycles. The van der Waals surface area contributed by atoms with Crippen LogP contribution < -0.4 is 10.2 Å². The number of barbiturate groups is 1. The molecule has 0 spiro atoms. The summed E-state index contributed by atoms with van der Waals surface area (Å²) < 4.78 is 0. The van der Waals surface area contributed by atoms with Gasteiger partial charge in [0.05, 0.1) is 0 Å². The Morgan fingerprint density at radius 1 is 1.09 bits per heavy atom. The molecule has 5 fully saturated rings. The average molecular weight is 466 g/mol. The zero-order valence-electron chi connectivity index (χ0n) is 20.3. The van der Waals surface area contributed by atoms with E-state index in [4.69, 9.17) is 0 Å². The lowest BCUT2D eigenvalue weighted by molar-refractivity contribution is -0.139. The fourth-order valence-corrected chi connectivity index (χ4v) is 7.58. The van der Waals surface area contributed by atoms with Crippen molar-refractivity contribution < 1.29 is 19.5 Å². The van der Waals surface area contributed by atoms with Crippen molar-refractivity contribution in [1.29, 1.82) is 0 Å². The van der Waals surface area contributed by atoms with Gasteiger partial charge in [0.2, 0.25) is 0 Å². The van der Waals surface area contributed by atoms with Gasteiger partial charge in [-0.05, 0) is 101 Å². The van der Waals surface area contributed by atoms with Gasteiger partial charge in [0.1, 0.15) is 11.3 Å². The highest BCUT2D eigenvalue weighted by Crippen LogP contribution is 2.62. The second-order valence-corrected chi connectivity index (χ2v) is 10.9. The first-order valence-corrected chi connectivity index (χ1v) is 12.7. The summed E-state index contributed by atoms with van der Waals surface area (Å²) >= 11 is 0. The molecule has 182 valence electrons. The quantitative estimate of drug-likeness (QED) is 0.483. The molecule has 0 aromatic heterocycles. The van der Waals surface area contributed by atoms with E-state index in [1.807, 2.05) is 26.8 Å². The van der Waals surface area contributed by atoms with Crippen LogP contribution in [-0.4, -0.2) is 47.0 Å². The number of aromatic hydroxyl groups is 1. The van der Waals surface area contributed by atoms with Gasteiger partial charge in [0, 0.05) is 36.4 Å². The van der Waals surface area contributed by atoms with E-state index < -0.39 is 17.8 Å². The molecule has 5 aliphatic rings. The third kappa shape index (κ3) is 3.69. The van der Waals surface area contributed by atoms with Crippen LogP contribution in [0.15, 0.2) is 23.8 Å². The van der Waals surface area contributed by atoms with E-state index in [1.54, 1.807) is 12.1 Å². The topological polar surface area (TPSA) is 90.0 Å². The van der Waals surface area contributed by atoms with Crippen LogP contribution in [0.25, 0.3) is 6.08 Å². The number of phenolic OH excluding ortho intramolecular Hbond substituents is 1. The average Bonchev–Trinajstić information content (AvgIpc) is 2.77. The number of carbonyl (C=O) groups is 3. The zero-order chi connectivity index (χ0) is 24.2. The van der Waals surface area contributed by atoms with Crippen LogP contribution >= 0.6 is 0 Å². The number of imide groups is 2. The van der Waals surface area contributed by atoms with Gasteiger partial charge in [-0.2, -0.15) is 0 Å². The largest absolute Gasteiger partial charge is 0.507 e. The third-order valence-electron chi connectivity index (χ3n) is 8.93. The minimum atomic E-state index is -0.712. The Morgan fingerprint density at radius 2 is 1.68 bits per heavy atom. The molecule has 1 aromatic carbocycles. The minimum absolute atomic E-state index is 0.00455. The van der Waals surface area contributed by atoms with Crippen molar-refractivity contribution in [2.45, 2.75) is 65.3 Å². The van der Waals surface area contributed by atoms with Gasteiger partial charge in [0.15, 0.2) is 0 Å². The standard InChI is InChI=1S/C27H35N3O4/c1-4-29(5-2)21-7-6-20(23(31)12-21)11-22-24(32)28-26(34)30(25(22)33)16(3)27-13-17-8-18(14-27)10-19(9-17)15-27/h6-7,11-12,16-19,31H,4-5,8-10,13-15H2,1-3H3,(H,28,32,34)/b22-11+. The van der Waals surface area contributed by atoms with E-state index >= 15 is 0 Å². The molecule has 4 saturated carbocycles. The third-order valence-corrected chi connectivity index (χ3v) is 8.93. The van der Waals surface area contributed by atoms with Crippen molar-refractivity contribution in [3.05, 3.63) is 29.3 Å². The molecule has 0 radical (unpaired) electrons.